The van der Waals surface area contributed by atoms with Crippen LogP contribution in [0.2, 0.25) is 0 Å². The molecule has 3 aromatic rings. The zero-order valence-electron chi connectivity index (χ0n) is 18.8. The van der Waals surface area contributed by atoms with Gasteiger partial charge in [-0.25, -0.2) is 4.79 Å². The summed E-state index contributed by atoms with van der Waals surface area (Å²) in [4.78, 5) is 38.6. The van der Waals surface area contributed by atoms with Crippen LogP contribution < -0.4 is 4.90 Å². The van der Waals surface area contributed by atoms with Crippen LogP contribution in [0.15, 0.2) is 72.8 Å². The fourth-order valence-corrected chi connectivity index (χ4v) is 4.33. The molecule has 0 radical (unpaired) electrons. The van der Waals surface area contributed by atoms with E-state index in [1.165, 1.54) is 6.92 Å². The summed E-state index contributed by atoms with van der Waals surface area (Å²) < 4.78 is 0. The highest BCUT2D eigenvalue weighted by Crippen LogP contribution is 2.43. The van der Waals surface area contributed by atoms with E-state index < -0.39 is 5.97 Å². The maximum absolute atomic E-state index is 13.8. The minimum atomic E-state index is -0.998. The fraction of sp³-hybridized carbons (Fsp3) is 0.179. The molecular formula is C28H25NO4. The standard InChI is InChI=1S/C28H25NO4/c1-17(2)25(21-13-11-20(12-14-21)18(3)30)26-23-9-4-5-10-24(23)29(27(26)31)16-19-7-6-8-22(15-19)28(32)33/h4-15,17H,16H2,1-3H3,(H,32,33)/b26-25+. The van der Waals surface area contributed by atoms with Crippen molar-refractivity contribution < 1.29 is 19.5 Å². The van der Waals surface area contributed by atoms with Crippen LogP contribution in [0.25, 0.3) is 11.1 Å². The summed E-state index contributed by atoms with van der Waals surface area (Å²) in [6, 6.07) is 21.7. The number of ketones is 1. The third kappa shape index (κ3) is 4.22. The van der Waals surface area contributed by atoms with Crippen molar-refractivity contribution >= 4 is 34.5 Å². The predicted molar refractivity (Wildman–Crippen MR) is 129 cm³/mol. The smallest absolute Gasteiger partial charge is 0.335 e. The number of carbonyl (C=O) groups excluding carboxylic acids is 2. The molecule has 5 heteroatoms. The van der Waals surface area contributed by atoms with Gasteiger partial charge in [-0.1, -0.05) is 68.4 Å². The van der Waals surface area contributed by atoms with Crippen LogP contribution in [-0.2, 0) is 11.3 Å². The first-order valence-electron chi connectivity index (χ1n) is 10.9. The molecule has 4 rings (SSSR count). The van der Waals surface area contributed by atoms with E-state index in [4.69, 9.17) is 0 Å². The van der Waals surface area contributed by atoms with Crippen molar-refractivity contribution in [3.8, 4) is 0 Å². The molecule has 0 aliphatic carbocycles. The minimum absolute atomic E-state index is 0.00245. The predicted octanol–water partition coefficient (Wildman–Crippen LogP) is 5.70. The highest BCUT2D eigenvalue weighted by atomic mass is 16.4. The van der Waals surface area contributed by atoms with Gasteiger partial charge >= 0.3 is 5.97 Å². The Balaban J connectivity index is 1.82. The molecule has 0 unspecified atom stereocenters. The van der Waals surface area contributed by atoms with Gasteiger partial charge in [-0.15, -0.1) is 0 Å². The number of rotatable bonds is 6. The first-order valence-corrected chi connectivity index (χ1v) is 10.9. The zero-order valence-corrected chi connectivity index (χ0v) is 18.8. The van der Waals surface area contributed by atoms with Crippen LogP contribution in [0, 0.1) is 5.92 Å². The van der Waals surface area contributed by atoms with Crippen molar-refractivity contribution in [2.24, 2.45) is 5.92 Å². The van der Waals surface area contributed by atoms with Gasteiger partial charge in [0.1, 0.15) is 0 Å². The van der Waals surface area contributed by atoms with Gasteiger partial charge in [0.25, 0.3) is 5.91 Å². The van der Waals surface area contributed by atoms with E-state index >= 15 is 0 Å². The number of allylic oxidation sites excluding steroid dienone is 1. The summed E-state index contributed by atoms with van der Waals surface area (Å²) in [5.74, 6) is -1.05. The van der Waals surface area contributed by atoms with Crippen molar-refractivity contribution in [2.75, 3.05) is 4.90 Å². The molecule has 1 amide bonds. The number of hydrogen-bond donors (Lipinski definition) is 1. The van der Waals surface area contributed by atoms with Crippen LogP contribution in [-0.4, -0.2) is 22.8 Å². The molecule has 1 aliphatic rings. The molecule has 1 heterocycles. The SMILES string of the molecule is CC(=O)c1ccc(/C(=C2/C(=O)N(Cc3cccc(C(=O)O)c3)c3ccccc32)C(C)C)cc1. The summed E-state index contributed by atoms with van der Waals surface area (Å²) in [6.07, 6.45) is 0. The van der Waals surface area contributed by atoms with Gasteiger partial charge in [0.15, 0.2) is 5.78 Å². The van der Waals surface area contributed by atoms with E-state index in [-0.39, 0.29) is 29.7 Å². The molecule has 166 valence electrons. The minimum Gasteiger partial charge on any atom is -0.478 e. The van der Waals surface area contributed by atoms with E-state index in [0.29, 0.717) is 11.1 Å². The third-order valence-corrected chi connectivity index (χ3v) is 5.89. The number of amides is 1. The average molecular weight is 440 g/mol. The summed E-state index contributed by atoms with van der Waals surface area (Å²) in [5, 5.41) is 9.33. The Morgan fingerprint density at radius 1 is 0.879 bits per heavy atom. The molecule has 3 aromatic carbocycles. The Kier molecular flexibility index (Phi) is 5.97. The van der Waals surface area contributed by atoms with Gasteiger partial charge in [0.05, 0.1) is 23.4 Å². The average Bonchev–Trinajstić information content (AvgIpc) is 3.06. The number of benzene rings is 3. The molecule has 0 atom stereocenters. The molecule has 0 bridgehead atoms. The number of carboxylic acid groups (broad SMARTS) is 1. The van der Waals surface area contributed by atoms with E-state index in [2.05, 4.69) is 13.8 Å². The number of carboxylic acids is 1. The summed E-state index contributed by atoms with van der Waals surface area (Å²) in [6.45, 7) is 5.91. The molecule has 1 aliphatic heterocycles. The lowest BCUT2D eigenvalue weighted by Crippen LogP contribution is -2.26. The molecule has 5 nitrogen and oxygen atoms in total. The van der Waals surface area contributed by atoms with Crippen molar-refractivity contribution in [1.82, 2.24) is 0 Å². The quantitative estimate of drug-likeness (QED) is 0.395. The molecule has 0 saturated carbocycles. The monoisotopic (exact) mass is 439 g/mol. The van der Waals surface area contributed by atoms with E-state index in [0.717, 1.165) is 28.0 Å². The lowest BCUT2D eigenvalue weighted by atomic mass is 9.87. The van der Waals surface area contributed by atoms with Gasteiger partial charge in [0, 0.05) is 11.1 Å². The van der Waals surface area contributed by atoms with E-state index in [1.54, 1.807) is 35.2 Å². The Morgan fingerprint density at radius 3 is 2.18 bits per heavy atom. The number of Topliss-reactive ketones (excluding diaryl/α,β-unsaturated/α-hetero) is 1. The van der Waals surface area contributed by atoms with E-state index in [1.807, 2.05) is 42.5 Å². The number of fused-ring (bicyclic) bond motifs is 1. The maximum Gasteiger partial charge on any atom is 0.335 e. The lowest BCUT2D eigenvalue weighted by molar-refractivity contribution is -0.113. The third-order valence-electron chi connectivity index (χ3n) is 5.89. The van der Waals surface area contributed by atoms with Gasteiger partial charge in [0.2, 0.25) is 0 Å². The topological polar surface area (TPSA) is 74.7 Å². The lowest BCUT2D eigenvalue weighted by Gasteiger charge is -2.19. The Labute approximate surface area is 193 Å². The van der Waals surface area contributed by atoms with Crippen LogP contribution in [0.1, 0.15) is 58.2 Å². The van der Waals surface area contributed by atoms with Crippen molar-refractivity contribution in [3.05, 3.63) is 101 Å². The highest BCUT2D eigenvalue weighted by Gasteiger charge is 2.35. The Bertz CT molecular complexity index is 1290. The number of carbonyl (C=O) groups is 3. The molecule has 0 saturated heterocycles. The van der Waals surface area contributed by atoms with Crippen LogP contribution in [0.4, 0.5) is 5.69 Å². The molecule has 0 fully saturated rings. The first-order chi connectivity index (χ1) is 15.8. The second-order valence-electron chi connectivity index (χ2n) is 8.49. The number of aromatic carboxylic acids is 1. The molecular weight excluding hydrogens is 414 g/mol. The zero-order chi connectivity index (χ0) is 23.7. The molecule has 0 aromatic heterocycles. The largest absolute Gasteiger partial charge is 0.478 e. The van der Waals surface area contributed by atoms with Gasteiger partial charge in [-0.05, 0) is 47.7 Å². The fourth-order valence-electron chi connectivity index (χ4n) is 4.33. The van der Waals surface area contributed by atoms with Gasteiger partial charge < -0.3 is 10.0 Å². The van der Waals surface area contributed by atoms with Crippen LogP contribution >= 0.6 is 0 Å². The normalized spacial score (nSPS) is 14.4. The van der Waals surface area contributed by atoms with Crippen molar-refractivity contribution in [1.29, 1.82) is 0 Å². The van der Waals surface area contributed by atoms with Gasteiger partial charge in [-0.3, -0.25) is 9.59 Å². The van der Waals surface area contributed by atoms with Crippen molar-refractivity contribution in [2.45, 2.75) is 27.3 Å². The Hall–Kier alpha value is -3.99. The van der Waals surface area contributed by atoms with Crippen LogP contribution in [0.5, 0.6) is 0 Å². The maximum atomic E-state index is 13.8. The van der Waals surface area contributed by atoms with Gasteiger partial charge in [-0.2, -0.15) is 0 Å². The highest BCUT2D eigenvalue weighted by molar-refractivity contribution is 6.37. The number of para-hydroxylation sites is 1. The molecule has 0 spiro atoms. The van der Waals surface area contributed by atoms with Crippen molar-refractivity contribution in [3.63, 3.8) is 0 Å². The number of anilines is 1. The number of hydrogen-bond acceptors (Lipinski definition) is 3. The molecule has 33 heavy (non-hydrogen) atoms. The second-order valence-corrected chi connectivity index (χ2v) is 8.49. The van der Waals surface area contributed by atoms with Crippen LogP contribution in [0.3, 0.4) is 0 Å². The summed E-state index contributed by atoms with van der Waals surface area (Å²) in [5.41, 5.74) is 5.70. The van der Waals surface area contributed by atoms with E-state index in [9.17, 15) is 19.5 Å². The Morgan fingerprint density at radius 2 is 1.55 bits per heavy atom. The second kappa shape index (κ2) is 8.87. The first kappa shape index (κ1) is 22.2. The molecule has 1 N–H and O–H groups in total. The number of nitrogens with zero attached hydrogens (tertiary/aromatic N) is 1. The summed E-state index contributed by atoms with van der Waals surface area (Å²) >= 11 is 0. The summed E-state index contributed by atoms with van der Waals surface area (Å²) in [7, 11) is 0.